The van der Waals surface area contributed by atoms with Crippen LogP contribution < -0.4 is 0 Å². The molecule has 0 heterocycles. The normalized spacial score (nSPS) is 13.3. The highest BCUT2D eigenvalue weighted by Crippen LogP contribution is 2.30. The van der Waals surface area contributed by atoms with Crippen LogP contribution in [0.1, 0.15) is 40.7 Å². The smallest absolute Gasteiger partial charge is 0.338 e. The second-order valence-electron chi connectivity index (χ2n) is 5.45. The highest BCUT2D eigenvalue weighted by Gasteiger charge is 2.23. The molecule has 0 amide bonds. The van der Waals surface area contributed by atoms with Crippen LogP contribution in [0.15, 0.2) is 53.0 Å². The van der Waals surface area contributed by atoms with Gasteiger partial charge in [0.15, 0.2) is 0 Å². The van der Waals surface area contributed by atoms with Gasteiger partial charge in [0.1, 0.15) is 0 Å². The third-order valence-electron chi connectivity index (χ3n) is 3.82. The summed E-state index contributed by atoms with van der Waals surface area (Å²) in [6.45, 7) is 2.01. The fraction of sp³-hybridized carbons (Fsp3) is 0.316. The molecule has 24 heavy (non-hydrogen) atoms. The van der Waals surface area contributed by atoms with E-state index in [0.29, 0.717) is 12.2 Å². The highest BCUT2D eigenvalue weighted by atomic mass is 79.9. The van der Waals surface area contributed by atoms with Crippen LogP contribution in [0, 0.1) is 0 Å². The number of carbonyl (C=O) groups excluding carboxylic acids is 1. The van der Waals surface area contributed by atoms with E-state index < -0.39 is 6.10 Å². The van der Waals surface area contributed by atoms with E-state index in [9.17, 15) is 15.0 Å². The van der Waals surface area contributed by atoms with Gasteiger partial charge in [-0.15, -0.1) is 0 Å². The van der Waals surface area contributed by atoms with Gasteiger partial charge in [0, 0.05) is 17.0 Å². The summed E-state index contributed by atoms with van der Waals surface area (Å²) in [6, 6.07) is 14.7. The van der Waals surface area contributed by atoms with Gasteiger partial charge in [-0.1, -0.05) is 40.2 Å². The van der Waals surface area contributed by atoms with Crippen molar-refractivity contribution in [2.24, 2.45) is 0 Å². The van der Waals surface area contributed by atoms with Crippen molar-refractivity contribution in [3.05, 3.63) is 69.7 Å². The van der Waals surface area contributed by atoms with Crippen molar-refractivity contribution in [3.63, 3.8) is 0 Å². The van der Waals surface area contributed by atoms with Crippen molar-refractivity contribution >= 4 is 21.9 Å². The van der Waals surface area contributed by atoms with Gasteiger partial charge in [0.05, 0.1) is 18.3 Å². The van der Waals surface area contributed by atoms with E-state index in [1.807, 2.05) is 36.4 Å². The zero-order valence-electron chi connectivity index (χ0n) is 13.5. The molecular formula is C19H21BrO4. The Balaban J connectivity index is 2.33. The first-order valence-electron chi connectivity index (χ1n) is 7.88. The van der Waals surface area contributed by atoms with Crippen molar-refractivity contribution in [1.82, 2.24) is 0 Å². The van der Waals surface area contributed by atoms with Crippen LogP contribution in [-0.4, -0.2) is 35.5 Å². The Morgan fingerprint density at radius 3 is 2.12 bits per heavy atom. The number of hydrogen-bond acceptors (Lipinski definition) is 4. The highest BCUT2D eigenvalue weighted by molar-refractivity contribution is 9.10. The molecule has 0 radical (unpaired) electrons. The number of ether oxygens (including phenoxy) is 1. The number of benzene rings is 2. The van der Waals surface area contributed by atoms with Crippen LogP contribution in [-0.2, 0) is 4.74 Å². The molecule has 0 fully saturated rings. The lowest BCUT2D eigenvalue weighted by Gasteiger charge is -2.24. The Hall–Kier alpha value is -1.69. The van der Waals surface area contributed by atoms with Crippen LogP contribution in [0.3, 0.4) is 0 Å². The summed E-state index contributed by atoms with van der Waals surface area (Å²) < 4.78 is 5.94. The summed E-state index contributed by atoms with van der Waals surface area (Å²) in [5, 5.41) is 19.7. The summed E-state index contributed by atoms with van der Waals surface area (Å²) in [7, 11) is 0. The quantitative estimate of drug-likeness (QED) is 0.707. The molecule has 2 N–H and O–H groups in total. The second kappa shape index (κ2) is 8.97. The molecular weight excluding hydrogens is 372 g/mol. The summed E-state index contributed by atoms with van der Waals surface area (Å²) in [5.41, 5.74) is 2.31. The minimum atomic E-state index is -0.718. The molecule has 128 valence electrons. The van der Waals surface area contributed by atoms with Crippen LogP contribution in [0.2, 0.25) is 0 Å². The minimum Gasteiger partial charge on any atom is -0.462 e. The van der Waals surface area contributed by atoms with Gasteiger partial charge in [0.25, 0.3) is 0 Å². The van der Waals surface area contributed by atoms with E-state index in [1.165, 1.54) is 0 Å². The maximum atomic E-state index is 11.8. The van der Waals surface area contributed by atoms with E-state index >= 15 is 0 Å². The maximum absolute atomic E-state index is 11.8. The number of hydrogen-bond donors (Lipinski definition) is 2. The zero-order valence-corrected chi connectivity index (χ0v) is 15.1. The van der Waals surface area contributed by atoms with Gasteiger partial charge < -0.3 is 14.9 Å². The van der Waals surface area contributed by atoms with Gasteiger partial charge in [-0.3, -0.25) is 0 Å². The van der Waals surface area contributed by atoms with E-state index in [-0.39, 0.29) is 24.9 Å². The maximum Gasteiger partial charge on any atom is 0.338 e. The Morgan fingerprint density at radius 1 is 1.08 bits per heavy atom. The molecule has 0 aliphatic carbocycles. The average molecular weight is 393 g/mol. The topological polar surface area (TPSA) is 66.8 Å². The standard InChI is InChI=1S/C19H21BrO4/c1-2-24-19(23)15-5-3-13(4-6-15)18(17(22)11-12-21)14-7-9-16(20)10-8-14/h3-10,17-18,21-22H,2,11-12H2,1H3/t17-,18+/m0/s1. The Kier molecular flexibility index (Phi) is 6.97. The number of rotatable bonds is 7. The largest absolute Gasteiger partial charge is 0.462 e. The van der Waals surface area contributed by atoms with Gasteiger partial charge in [0.2, 0.25) is 0 Å². The van der Waals surface area contributed by atoms with Crippen LogP contribution in [0.5, 0.6) is 0 Å². The summed E-state index contributed by atoms with van der Waals surface area (Å²) >= 11 is 3.40. The number of aliphatic hydroxyl groups excluding tert-OH is 2. The fourth-order valence-electron chi connectivity index (χ4n) is 2.65. The van der Waals surface area contributed by atoms with Crippen molar-refractivity contribution in [3.8, 4) is 0 Å². The number of esters is 1. The molecule has 2 aromatic rings. The summed E-state index contributed by atoms with van der Waals surface area (Å²) in [6.07, 6.45) is -0.440. The number of aliphatic hydroxyl groups is 2. The van der Waals surface area contributed by atoms with Crippen LogP contribution in [0.25, 0.3) is 0 Å². The van der Waals surface area contributed by atoms with Crippen molar-refractivity contribution in [2.45, 2.75) is 25.4 Å². The van der Waals surface area contributed by atoms with E-state index in [1.54, 1.807) is 19.1 Å². The molecule has 0 aliphatic heterocycles. The van der Waals surface area contributed by atoms with Gasteiger partial charge in [-0.25, -0.2) is 4.79 Å². The SMILES string of the molecule is CCOC(=O)c1ccc([C@H](c2ccc(Br)cc2)[C@@H](O)CCO)cc1. The molecule has 4 nitrogen and oxygen atoms in total. The van der Waals surface area contributed by atoms with E-state index in [0.717, 1.165) is 15.6 Å². The molecule has 0 spiro atoms. The first kappa shape index (κ1) is 18.6. The lowest BCUT2D eigenvalue weighted by molar-refractivity contribution is 0.0526. The predicted octanol–water partition coefficient (Wildman–Crippen LogP) is 3.50. The molecule has 0 saturated heterocycles. The Bertz CT molecular complexity index is 652. The molecule has 0 bridgehead atoms. The minimum absolute atomic E-state index is 0.0882. The Labute approximate surface area is 150 Å². The van der Waals surface area contributed by atoms with Gasteiger partial charge in [-0.05, 0) is 48.7 Å². The van der Waals surface area contributed by atoms with Gasteiger partial charge in [-0.2, -0.15) is 0 Å². The third kappa shape index (κ3) is 4.66. The lowest BCUT2D eigenvalue weighted by atomic mass is 9.85. The van der Waals surface area contributed by atoms with Crippen molar-refractivity contribution in [1.29, 1.82) is 0 Å². The molecule has 0 aromatic heterocycles. The molecule has 2 rings (SSSR count). The molecule has 0 unspecified atom stereocenters. The van der Waals surface area contributed by atoms with Crippen molar-refractivity contribution < 1.29 is 19.7 Å². The van der Waals surface area contributed by atoms with Crippen LogP contribution >= 0.6 is 15.9 Å². The molecule has 0 aliphatic rings. The lowest BCUT2D eigenvalue weighted by Crippen LogP contribution is -2.21. The monoisotopic (exact) mass is 392 g/mol. The molecule has 2 aromatic carbocycles. The van der Waals surface area contributed by atoms with Crippen LogP contribution in [0.4, 0.5) is 0 Å². The average Bonchev–Trinajstić information content (AvgIpc) is 2.58. The van der Waals surface area contributed by atoms with Crippen molar-refractivity contribution in [2.75, 3.05) is 13.2 Å². The van der Waals surface area contributed by atoms with Gasteiger partial charge >= 0.3 is 5.97 Å². The fourth-order valence-corrected chi connectivity index (χ4v) is 2.91. The Morgan fingerprint density at radius 2 is 1.62 bits per heavy atom. The first-order valence-corrected chi connectivity index (χ1v) is 8.67. The van der Waals surface area contributed by atoms with E-state index in [4.69, 9.17) is 4.74 Å². The summed E-state index contributed by atoms with van der Waals surface area (Å²) in [4.78, 5) is 11.8. The second-order valence-corrected chi connectivity index (χ2v) is 6.37. The number of carbonyl (C=O) groups is 1. The van der Waals surface area contributed by atoms with E-state index in [2.05, 4.69) is 15.9 Å². The zero-order chi connectivity index (χ0) is 17.5. The third-order valence-corrected chi connectivity index (χ3v) is 4.35. The molecule has 2 atom stereocenters. The molecule has 5 heteroatoms. The predicted molar refractivity (Wildman–Crippen MR) is 96.1 cm³/mol. The molecule has 0 saturated carbocycles. The first-order chi connectivity index (χ1) is 11.6. The summed E-state index contributed by atoms with van der Waals surface area (Å²) in [5.74, 6) is -0.637. The number of halogens is 1.